The first kappa shape index (κ1) is 14.3. The Balaban J connectivity index is 2.14. The zero-order chi connectivity index (χ0) is 14.3. The molecule has 0 aromatic carbocycles. The van der Waals surface area contributed by atoms with Crippen molar-refractivity contribution in [1.29, 1.82) is 0 Å². The lowest BCUT2D eigenvalue weighted by Crippen LogP contribution is -2.31. The van der Waals surface area contributed by atoms with Crippen molar-refractivity contribution in [1.82, 2.24) is 9.97 Å². The highest BCUT2D eigenvalue weighted by molar-refractivity contribution is 6.29. The van der Waals surface area contributed by atoms with E-state index < -0.39 is 11.0 Å². The number of aryl methyl sites for hydroxylation is 1. The monoisotopic (exact) mass is 282 g/mol. The van der Waals surface area contributed by atoms with Gasteiger partial charge in [0.15, 0.2) is 0 Å². The van der Waals surface area contributed by atoms with Crippen LogP contribution in [0.3, 0.4) is 0 Å². The van der Waals surface area contributed by atoms with Crippen molar-refractivity contribution < 1.29 is 9.53 Å². The second-order valence-electron chi connectivity index (χ2n) is 6.18. The molecule has 0 aliphatic heterocycles. The van der Waals surface area contributed by atoms with E-state index in [4.69, 9.17) is 16.3 Å². The van der Waals surface area contributed by atoms with Crippen molar-refractivity contribution in [2.24, 2.45) is 5.41 Å². The number of nitrogens with zero attached hydrogens (tertiary/aromatic N) is 2. The number of rotatable bonds is 3. The van der Waals surface area contributed by atoms with Crippen molar-refractivity contribution in [2.75, 3.05) is 0 Å². The summed E-state index contributed by atoms with van der Waals surface area (Å²) in [5.74, 6) is -0.138. The normalized spacial score (nSPS) is 17.1. The standard InChI is InChI=1S/C14H19ClN2O2/c1-9-10(17-11(15)8-16-9)7-14(5-6-14)12(18)19-13(2,3)4/h8H,5-7H2,1-4H3. The Morgan fingerprint density at radius 1 is 1.47 bits per heavy atom. The number of hydrogen-bond donors (Lipinski definition) is 0. The maximum absolute atomic E-state index is 12.2. The molecule has 5 heteroatoms. The highest BCUT2D eigenvalue weighted by Gasteiger charge is 2.52. The molecule has 19 heavy (non-hydrogen) atoms. The third-order valence-electron chi connectivity index (χ3n) is 3.22. The molecule has 0 saturated heterocycles. The number of halogens is 1. The Morgan fingerprint density at radius 2 is 2.11 bits per heavy atom. The molecule has 0 spiro atoms. The van der Waals surface area contributed by atoms with E-state index in [9.17, 15) is 4.79 Å². The minimum atomic E-state index is -0.457. The molecule has 4 nitrogen and oxygen atoms in total. The van der Waals surface area contributed by atoms with Gasteiger partial charge in [0.2, 0.25) is 0 Å². The van der Waals surface area contributed by atoms with Gasteiger partial charge in [-0.05, 0) is 40.5 Å². The van der Waals surface area contributed by atoms with Gasteiger partial charge in [-0.25, -0.2) is 4.98 Å². The van der Waals surface area contributed by atoms with Crippen LogP contribution in [0, 0.1) is 12.3 Å². The van der Waals surface area contributed by atoms with Crippen LogP contribution in [0.4, 0.5) is 0 Å². The van der Waals surface area contributed by atoms with E-state index >= 15 is 0 Å². The fourth-order valence-corrected chi connectivity index (χ4v) is 2.09. The van der Waals surface area contributed by atoms with Gasteiger partial charge in [-0.3, -0.25) is 9.78 Å². The smallest absolute Gasteiger partial charge is 0.312 e. The molecule has 0 amide bonds. The molecule has 1 aliphatic carbocycles. The maximum Gasteiger partial charge on any atom is 0.312 e. The predicted molar refractivity (Wildman–Crippen MR) is 73.0 cm³/mol. The average molecular weight is 283 g/mol. The predicted octanol–water partition coefficient (Wildman–Crippen LogP) is 3.10. The Morgan fingerprint density at radius 3 is 2.63 bits per heavy atom. The lowest BCUT2D eigenvalue weighted by molar-refractivity contribution is -0.161. The summed E-state index contributed by atoms with van der Waals surface area (Å²) in [7, 11) is 0. The Bertz CT molecular complexity index is 505. The molecule has 1 aliphatic rings. The van der Waals surface area contributed by atoms with Crippen LogP contribution in [-0.4, -0.2) is 21.5 Å². The highest BCUT2D eigenvalue weighted by Crippen LogP contribution is 2.50. The SMILES string of the molecule is Cc1ncc(Cl)nc1CC1(C(=O)OC(C)(C)C)CC1. The Hall–Kier alpha value is -1.16. The molecule has 1 heterocycles. The number of ether oxygens (including phenoxy) is 1. The van der Waals surface area contributed by atoms with E-state index in [0.717, 1.165) is 24.2 Å². The van der Waals surface area contributed by atoms with Gasteiger partial charge in [0.05, 0.1) is 23.0 Å². The lowest BCUT2D eigenvalue weighted by atomic mass is 9.98. The van der Waals surface area contributed by atoms with Gasteiger partial charge in [0.1, 0.15) is 10.8 Å². The van der Waals surface area contributed by atoms with Gasteiger partial charge in [-0.2, -0.15) is 0 Å². The molecule has 1 aromatic rings. The van der Waals surface area contributed by atoms with Crippen molar-refractivity contribution >= 4 is 17.6 Å². The topological polar surface area (TPSA) is 52.1 Å². The summed E-state index contributed by atoms with van der Waals surface area (Å²) in [6, 6.07) is 0. The second kappa shape index (κ2) is 4.75. The largest absolute Gasteiger partial charge is 0.460 e. The molecule has 1 saturated carbocycles. The third kappa shape index (κ3) is 3.44. The summed E-state index contributed by atoms with van der Waals surface area (Å²) in [6.45, 7) is 7.52. The van der Waals surface area contributed by atoms with Gasteiger partial charge < -0.3 is 4.74 Å². The van der Waals surface area contributed by atoms with E-state index in [0.29, 0.717) is 11.6 Å². The number of esters is 1. The Kier molecular flexibility index (Phi) is 3.56. The quantitative estimate of drug-likeness (QED) is 0.800. The fraction of sp³-hybridized carbons (Fsp3) is 0.643. The number of aromatic nitrogens is 2. The minimum Gasteiger partial charge on any atom is -0.460 e. The van der Waals surface area contributed by atoms with Crippen molar-refractivity contribution in [3.05, 3.63) is 22.7 Å². The molecular weight excluding hydrogens is 264 g/mol. The molecule has 1 fully saturated rings. The molecule has 0 N–H and O–H groups in total. The molecule has 2 rings (SSSR count). The Labute approximate surface area is 118 Å². The van der Waals surface area contributed by atoms with E-state index in [2.05, 4.69) is 9.97 Å². The molecule has 0 radical (unpaired) electrons. The average Bonchev–Trinajstić information content (AvgIpc) is 3.02. The molecule has 0 unspecified atom stereocenters. The zero-order valence-corrected chi connectivity index (χ0v) is 12.5. The van der Waals surface area contributed by atoms with Crippen LogP contribution >= 0.6 is 11.6 Å². The van der Waals surface area contributed by atoms with Gasteiger partial charge in [-0.15, -0.1) is 0 Å². The fourth-order valence-electron chi connectivity index (χ4n) is 1.94. The minimum absolute atomic E-state index is 0.138. The molecule has 1 aromatic heterocycles. The van der Waals surface area contributed by atoms with Gasteiger partial charge >= 0.3 is 5.97 Å². The van der Waals surface area contributed by atoms with Gasteiger partial charge in [0, 0.05) is 6.42 Å². The van der Waals surface area contributed by atoms with E-state index in [-0.39, 0.29) is 5.97 Å². The first-order chi connectivity index (χ1) is 8.72. The molecule has 0 bridgehead atoms. The van der Waals surface area contributed by atoms with Crippen LogP contribution in [0.5, 0.6) is 0 Å². The van der Waals surface area contributed by atoms with Crippen molar-refractivity contribution in [2.45, 2.75) is 52.6 Å². The van der Waals surface area contributed by atoms with Crippen LogP contribution < -0.4 is 0 Å². The van der Waals surface area contributed by atoms with E-state index in [1.165, 1.54) is 6.20 Å². The summed E-state index contributed by atoms with van der Waals surface area (Å²) >= 11 is 5.86. The summed E-state index contributed by atoms with van der Waals surface area (Å²) in [5, 5.41) is 0.362. The summed E-state index contributed by atoms with van der Waals surface area (Å²) < 4.78 is 5.49. The summed E-state index contributed by atoms with van der Waals surface area (Å²) in [4.78, 5) is 20.7. The van der Waals surface area contributed by atoms with Crippen LogP contribution in [0.25, 0.3) is 0 Å². The van der Waals surface area contributed by atoms with Crippen molar-refractivity contribution in [3.8, 4) is 0 Å². The lowest BCUT2D eigenvalue weighted by Gasteiger charge is -2.23. The summed E-state index contributed by atoms with van der Waals surface area (Å²) in [6.07, 6.45) is 3.76. The van der Waals surface area contributed by atoms with Crippen molar-refractivity contribution in [3.63, 3.8) is 0 Å². The first-order valence-corrected chi connectivity index (χ1v) is 6.81. The van der Waals surface area contributed by atoms with E-state index in [1.807, 2.05) is 27.7 Å². The van der Waals surface area contributed by atoms with Crippen LogP contribution in [0.1, 0.15) is 45.0 Å². The zero-order valence-electron chi connectivity index (χ0n) is 11.8. The third-order valence-corrected chi connectivity index (χ3v) is 3.40. The first-order valence-electron chi connectivity index (χ1n) is 6.43. The molecule has 104 valence electrons. The summed E-state index contributed by atoms with van der Waals surface area (Å²) in [5.41, 5.74) is 0.731. The maximum atomic E-state index is 12.2. The highest BCUT2D eigenvalue weighted by atomic mass is 35.5. The van der Waals surface area contributed by atoms with Gasteiger partial charge in [0.25, 0.3) is 0 Å². The molecular formula is C14H19ClN2O2. The number of hydrogen-bond acceptors (Lipinski definition) is 4. The van der Waals surface area contributed by atoms with Crippen LogP contribution in [0.15, 0.2) is 6.20 Å². The van der Waals surface area contributed by atoms with E-state index in [1.54, 1.807) is 0 Å². The van der Waals surface area contributed by atoms with Gasteiger partial charge in [-0.1, -0.05) is 11.6 Å². The number of carbonyl (C=O) groups is 1. The van der Waals surface area contributed by atoms with Crippen LogP contribution in [0.2, 0.25) is 5.15 Å². The van der Waals surface area contributed by atoms with Crippen LogP contribution in [-0.2, 0) is 16.0 Å². The number of carbonyl (C=O) groups excluding carboxylic acids is 1. The molecule has 0 atom stereocenters. The second-order valence-corrected chi connectivity index (χ2v) is 6.57.